The number of ketones is 1. The van der Waals surface area contributed by atoms with Gasteiger partial charge in [0.05, 0.1) is 6.61 Å². The van der Waals surface area contributed by atoms with E-state index in [9.17, 15) is 14.0 Å². The van der Waals surface area contributed by atoms with Crippen LogP contribution in [0.5, 0.6) is 5.75 Å². The van der Waals surface area contributed by atoms with Crippen LogP contribution in [0.1, 0.15) is 49.0 Å². The molecule has 2 atom stereocenters. The Labute approximate surface area is 213 Å². The van der Waals surface area contributed by atoms with Gasteiger partial charge in [-0.15, -0.1) is 11.3 Å². The lowest BCUT2D eigenvalue weighted by Gasteiger charge is -2.36. The Kier molecular flexibility index (Phi) is 6.74. The van der Waals surface area contributed by atoms with Crippen LogP contribution in [-0.4, -0.2) is 18.3 Å². The minimum absolute atomic E-state index is 0.0320. The van der Waals surface area contributed by atoms with Crippen LogP contribution in [0.25, 0.3) is 0 Å². The molecule has 0 spiro atoms. The number of carbonyl (C=O) groups is 2. The zero-order chi connectivity index (χ0) is 25.2. The third-order valence-electron chi connectivity index (χ3n) is 6.62. The highest BCUT2D eigenvalue weighted by Gasteiger charge is 2.41. The van der Waals surface area contributed by atoms with Crippen molar-refractivity contribution in [2.24, 2.45) is 0 Å². The van der Waals surface area contributed by atoms with E-state index >= 15 is 0 Å². The number of benzene rings is 2. The maximum Gasteiger partial charge on any atom is 0.254 e. The molecular formula is C29H27FN2O3S. The molecular weight excluding hydrogens is 475 g/mol. The van der Waals surface area contributed by atoms with E-state index in [1.54, 1.807) is 23.5 Å². The smallest absolute Gasteiger partial charge is 0.254 e. The summed E-state index contributed by atoms with van der Waals surface area (Å²) in [5, 5.41) is 8.23. The Bertz CT molecular complexity index is 1360. The summed E-state index contributed by atoms with van der Waals surface area (Å²) in [5.41, 5.74) is 3.81. The third-order valence-corrected chi connectivity index (χ3v) is 7.66. The number of Topliss-reactive ketones (excluding diaryl/α,β-unsaturated/α-hetero) is 1. The van der Waals surface area contributed by atoms with Gasteiger partial charge in [0.25, 0.3) is 5.91 Å². The fourth-order valence-electron chi connectivity index (χ4n) is 5.09. The Morgan fingerprint density at radius 1 is 1.14 bits per heavy atom. The molecule has 0 unspecified atom stereocenters. The fraction of sp³-hybridized carbons (Fsp3) is 0.241. The molecule has 0 radical (unpaired) electrons. The van der Waals surface area contributed by atoms with Gasteiger partial charge in [0.15, 0.2) is 5.78 Å². The van der Waals surface area contributed by atoms with Crippen LogP contribution < -0.4 is 15.4 Å². The van der Waals surface area contributed by atoms with Crippen LogP contribution in [0.3, 0.4) is 0 Å². The van der Waals surface area contributed by atoms with E-state index in [0.717, 1.165) is 17.0 Å². The lowest BCUT2D eigenvalue weighted by atomic mass is 9.72. The molecule has 2 heterocycles. The van der Waals surface area contributed by atoms with Crippen molar-refractivity contribution < 1.29 is 18.7 Å². The van der Waals surface area contributed by atoms with Crippen LogP contribution in [-0.2, 0) is 9.59 Å². The van der Waals surface area contributed by atoms with Gasteiger partial charge in [-0.05, 0) is 67.6 Å². The first-order valence-corrected chi connectivity index (χ1v) is 12.9. The van der Waals surface area contributed by atoms with Crippen molar-refractivity contribution in [3.8, 4) is 5.75 Å². The van der Waals surface area contributed by atoms with Crippen LogP contribution in [0.15, 0.2) is 88.6 Å². The second-order valence-corrected chi connectivity index (χ2v) is 9.98. The van der Waals surface area contributed by atoms with Gasteiger partial charge >= 0.3 is 0 Å². The largest absolute Gasteiger partial charge is 0.494 e. The van der Waals surface area contributed by atoms with Gasteiger partial charge in [-0.2, -0.15) is 0 Å². The van der Waals surface area contributed by atoms with E-state index in [1.807, 2.05) is 49.6 Å². The molecule has 1 aliphatic heterocycles. The number of carbonyl (C=O) groups excluding carboxylic acids is 2. The minimum atomic E-state index is -0.540. The molecule has 2 N–H and O–H groups in total. The molecule has 5 nitrogen and oxygen atoms in total. The summed E-state index contributed by atoms with van der Waals surface area (Å²) in [7, 11) is 0. The molecule has 1 amide bonds. The first-order valence-electron chi connectivity index (χ1n) is 12.0. The zero-order valence-corrected chi connectivity index (χ0v) is 21.0. The normalized spacial score (nSPS) is 19.6. The number of rotatable bonds is 6. The number of nitrogens with one attached hydrogen (secondary N) is 2. The molecule has 2 aromatic carbocycles. The lowest BCUT2D eigenvalue weighted by molar-refractivity contribution is -0.116. The second-order valence-electron chi connectivity index (χ2n) is 9.00. The van der Waals surface area contributed by atoms with E-state index in [2.05, 4.69) is 16.7 Å². The number of amides is 1. The van der Waals surface area contributed by atoms with Crippen LogP contribution in [0.2, 0.25) is 0 Å². The average Bonchev–Trinajstić information content (AvgIpc) is 3.39. The summed E-state index contributed by atoms with van der Waals surface area (Å²) in [6, 6.07) is 17.4. The van der Waals surface area contributed by atoms with Gasteiger partial charge in [-0.3, -0.25) is 9.59 Å². The Morgan fingerprint density at radius 3 is 2.64 bits per heavy atom. The standard InChI is InChI=1S/C29H27FN2O3S/c1-3-35-22-11-9-18(10-12-22)27-26(29(34)32-21-7-4-6-20(30)16-21)17(2)31-23-14-19(15-24(33)28(23)27)25-8-5-13-36-25/h4-13,16,19,27,31H,3,14-15H2,1-2H3,(H,32,34)/t19-,27+/m0/s1. The van der Waals surface area contributed by atoms with E-state index in [0.29, 0.717) is 42.0 Å². The molecule has 0 saturated heterocycles. The summed E-state index contributed by atoms with van der Waals surface area (Å²) in [5.74, 6) is -0.477. The lowest BCUT2D eigenvalue weighted by Crippen LogP contribution is -2.37. The molecule has 0 fully saturated rings. The molecule has 3 aromatic rings. The molecule has 5 rings (SSSR count). The van der Waals surface area contributed by atoms with Gasteiger partial charge in [0.1, 0.15) is 11.6 Å². The number of hydrogen-bond acceptors (Lipinski definition) is 5. The first kappa shape index (κ1) is 24.0. The van der Waals surface area contributed by atoms with Crippen molar-refractivity contribution in [1.82, 2.24) is 5.32 Å². The monoisotopic (exact) mass is 502 g/mol. The van der Waals surface area contributed by atoms with Crippen molar-refractivity contribution >= 4 is 28.7 Å². The molecule has 184 valence electrons. The van der Waals surface area contributed by atoms with E-state index in [1.165, 1.54) is 17.0 Å². The number of halogens is 1. The molecule has 1 aromatic heterocycles. The number of dihydropyridines is 1. The van der Waals surface area contributed by atoms with Gasteiger partial charge in [-0.1, -0.05) is 24.3 Å². The van der Waals surface area contributed by atoms with Crippen molar-refractivity contribution in [2.45, 2.75) is 38.5 Å². The van der Waals surface area contributed by atoms with Crippen LogP contribution in [0, 0.1) is 5.82 Å². The summed E-state index contributed by atoms with van der Waals surface area (Å²) >= 11 is 1.66. The quantitative estimate of drug-likeness (QED) is 0.416. The minimum Gasteiger partial charge on any atom is -0.494 e. The van der Waals surface area contributed by atoms with Crippen LogP contribution >= 0.6 is 11.3 Å². The van der Waals surface area contributed by atoms with E-state index in [-0.39, 0.29) is 17.6 Å². The Hall–Kier alpha value is -3.71. The highest BCUT2D eigenvalue weighted by molar-refractivity contribution is 7.10. The van der Waals surface area contributed by atoms with Gasteiger partial charge in [0.2, 0.25) is 0 Å². The fourth-order valence-corrected chi connectivity index (χ4v) is 5.92. The molecule has 7 heteroatoms. The van der Waals surface area contributed by atoms with Crippen molar-refractivity contribution in [3.63, 3.8) is 0 Å². The predicted octanol–water partition coefficient (Wildman–Crippen LogP) is 6.29. The van der Waals surface area contributed by atoms with Crippen molar-refractivity contribution in [2.75, 3.05) is 11.9 Å². The molecule has 0 bridgehead atoms. The maximum atomic E-state index is 13.8. The summed E-state index contributed by atoms with van der Waals surface area (Å²) < 4.78 is 19.4. The van der Waals surface area contributed by atoms with Gasteiger partial charge in [-0.25, -0.2) is 4.39 Å². The molecule has 36 heavy (non-hydrogen) atoms. The Balaban J connectivity index is 1.55. The van der Waals surface area contributed by atoms with Gasteiger partial charge in [0, 0.05) is 51.4 Å². The van der Waals surface area contributed by atoms with E-state index in [4.69, 9.17) is 4.74 Å². The maximum absolute atomic E-state index is 13.8. The molecule has 0 saturated carbocycles. The van der Waals surface area contributed by atoms with E-state index < -0.39 is 11.7 Å². The number of hydrogen-bond donors (Lipinski definition) is 2. The summed E-state index contributed by atoms with van der Waals surface area (Å²) in [6.45, 7) is 4.32. The van der Waals surface area contributed by atoms with Gasteiger partial charge < -0.3 is 15.4 Å². The summed E-state index contributed by atoms with van der Waals surface area (Å²) in [6.07, 6.45) is 1.09. The number of ether oxygens (including phenoxy) is 1. The third kappa shape index (κ3) is 4.71. The van der Waals surface area contributed by atoms with Crippen molar-refractivity contribution in [3.05, 3.63) is 105 Å². The molecule has 1 aliphatic carbocycles. The molecule has 2 aliphatic rings. The number of anilines is 1. The highest BCUT2D eigenvalue weighted by Crippen LogP contribution is 2.46. The van der Waals surface area contributed by atoms with Crippen molar-refractivity contribution in [1.29, 1.82) is 0 Å². The first-order chi connectivity index (χ1) is 17.4. The number of thiophene rings is 1. The van der Waals surface area contributed by atoms with Crippen LogP contribution in [0.4, 0.5) is 10.1 Å². The predicted molar refractivity (Wildman–Crippen MR) is 140 cm³/mol. The average molecular weight is 503 g/mol. The number of allylic oxidation sites excluding steroid dienone is 3. The second kappa shape index (κ2) is 10.1. The highest BCUT2D eigenvalue weighted by atomic mass is 32.1. The zero-order valence-electron chi connectivity index (χ0n) is 20.1. The SMILES string of the molecule is CCOc1ccc([C@@H]2C(C(=O)Nc3cccc(F)c3)=C(C)NC3=C2C(=O)C[C@@H](c2cccs2)C3)cc1. The summed E-state index contributed by atoms with van der Waals surface area (Å²) in [4.78, 5) is 28.4. The topological polar surface area (TPSA) is 67.4 Å². The Morgan fingerprint density at radius 2 is 1.94 bits per heavy atom.